The molecule has 16 heavy (non-hydrogen) atoms. The Balaban J connectivity index is 2.39. The van der Waals surface area contributed by atoms with E-state index in [9.17, 15) is 14.6 Å². The molecule has 2 atom stereocenters. The highest BCUT2D eigenvalue weighted by atomic mass is 16.5. The fourth-order valence-corrected chi connectivity index (χ4v) is 1.61. The van der Waals surface area contributed by atoms with E-state index in [-0.39, 0.29) is 6.42 Å². The summed E-state index contributed by atoms with van der Waals surface area (Å²) in [5, 5.41) is 28.9. The van der Waals surface area contributed by atoms with E-state index >= 15 is 0 Å². The van der Waals surface area contributed by atoms with Gasteiger partial charge in [0.15, 0.2) is 0 Å². The monoisotopic (exact) mass is 231 g/mol. The van der Waals surface area contributed by atoms with E-state index < -0.39 is 37.6 Å². The van der Waals surface area contributed by atoms with Crippen molar-refractivity contribution >= 4 is 19.0 Å². The van der Waals surface area contributed by atoms with Crippen molar-refractivity contribution in [2.45, 2.75) is 31.3 Å². The molecule has 1 fully saturated rings. The third-order valence-corrected chi connectivity index (χ3v) is 2.37. The van der Waals surface area contributed by atoms with Crippen molar-refractivity contribution in [2.24, 2.45) is 0 Å². The third kappa shape index (κ3) is 3.80. The van der Waals surface area contributed by atoms with Crippen LogP contribution in [0.2, 0.25) is 0 Å². The van der Waals surface area contributed by atoms with E-state index in [1.54, 1.807) is 0 Å². The summed E-state index contributed by atoms with van der Waals surface area (Å²) in [6.07, 6.45) is 0.164. The van der Waals surface area contributed by atoms with Crippen molar-refractivity contribution in [3.63, 3.8) is 0 Å². The van der Waals surface area contributed by atoms with Gasteiger partial charge in [-0.05, 0) is 12.8 Å². The molecule has 1 rings (SSSR count). The van der Waals surface area contributed by atoms with Gasteiger partial charge in [0.2, 0.25) is 5.91 Å². The fourth-order valence-electron chi connectivity index (χ4n) is 1.61. The zero-order valence-electron chi connectivity index (χ0n) is 8.63. The lowest BCUT2D eigenvalue weighted by molar-refractivity contribution is -0.139. The molecule has 1 heterocycles. The number of hydrogen-bond acceptors (Lipinski definition) is 5. The smallest absolute Gasteiger partial charge is 0.478 e. The Kier molecular flexibility index (Phi) is 4.72. The number of aliphatic carboxylic acids is 1. The molecule has 0 bridgehead atoms. The maximum atomic E-state index is 10.9. The summed E-state index contributed by atoms with van der Waals surface area (Å²) in [5.74, 6) is -2.18. The molecule has 0 spiro atoms. The van der Waals surface area contributed by atoms with Crippen molar-refractivity contribution in [3.05, 3.63) is 0 Å². The first kappa shape index (κ1) is 13.0. The molecule has 1 aliphatic rings. The summed E-state index contributed by atoms with van der Waals surface area (Å²) in [7, 11) is -1.23. The molecule has 4 N–H and O–H groups in total. The third-order valence-electron chi connectivity index (χ3n) is 2.37. The zero-order chi connectivity index (χ0) is 12.1. The Hall–Kier alpha value is -1.12. The highest BCUT2D eigenvalue weighted by Crippen LogP contribution is 2.18. The number of rotatable bonds is 4. The molecule has 7 nitrogen and oxygen atoms in total. The van der Waals surface area contributed by atoms with Gasteiger partial charge in [-0.15, -0.1) is 0 Å². The van der Waals surface area contributed by atoms with Crippen LogP contribution in [0.3, 0.4) is 0 Å². The summed E-state index contributed by atoms with van der Waals surface area (Å²) in [6, 6.07) is 0. The minimum atomic E-state index is -1.23. The second-order valence-corrected chi connectivity index (χ2v) is 3.66. The summed E-state index contributed by atoms with van der Waals surface area (Å²) in [6.45, 7) is -0.651. The van der Waals surface area contributed by atoms with Crippen LogP contribution in [0.1, 0.15) is 19.3 Å². The number of hydrogen-bond donors (Lipinski definition) is 4. The predicted molar refractivity (Wildman–Crippen MR) is 53.3 cm³/mol. The summed E-state index contributed by atoms with van der Waals surface area (Å²) >= 11 is 0. The Labute approximate surface area is 92.5 Å². The first-order chi connectivity index (χ1) is 7.52. The van der Waals surface area contributed by atoms with Crippen LogP contribution < -0.4 is 5.32 Å². The number of carbonyl (C=O) groups excluding carboxylic acids is 1. The molecule has 90 valence electrons. The largest absolute Gasteiger partial charge is 0.481 e. The molecule has 0 saturated carbocycles. The van der Waals surface area contributed by atoms with Gasteiger partial charge in [-0.1, -0.05) is 0 Å². The van der Waals surface area contributed by atoms with E-state index in [0.29, 0.717) is 12.8 Å². The highest BCUT2D eigenvalue weighted by molar-refractivity contribution is 6.45. The Morgan fingerprint density at radius 3 is 2.62 bits per heavy atom. The van der Waals surface area contributed by atoms with Gasteiger partial charge < -0.3 is 25.2 Å². The van der Waals surface area contributed by atoms with E-state index in [2.05, 4.69) is 5.32 Å². The molecule has 1 amide bonds. The Morgan fingerprint density at radius 2 is 2.12 bits per heavy atom. The average Bonchev–Trinajstić information content (AvgIpc) is 2.21. The number of carbonyl (C=O) groups is 2. The second-order valence-electron chi connectivity index (χ2n) is 3.66. The summed E-state index contributed by atoms with van der Waals surface area (Å²) in [5.41, 5.74) is 0. The van der Waals surface area contributed by atoms with Gasteiger partial charge >= 0.3 is 13.1 Å². The van der Waals surface area contributed by atoms with Crippen LogP contribution in [0.4, 0.5) is 0 Å². The van der Waals surface area contributed by atoms with Gasteiger partial charge in [-0.25, -0.2) is 0 Å². The molecule has 0 aromatic heterocycles. The SMILES string of the molecule is O=C(O)CC1CCC(NC(=O)CO)B(O)O1. The van der Waals surface area contributed by atoms with Crippen molar-refractivity contribution in [1.29, 1.82) is 0 Å². The standard InChI is InChI=1S/C8H14BNO6/c11-4-7(12)10-6-2-1-5(3-8(13)14)16-9(6)15/h5-6,11,15H,1-4H2,(H,10,12)(H,13,14). The van der Waals surface area contributed by atoms with Crippen molar-refractivity contribution in [3.8, 4) is 0 Å². The minimum absolute atomic E-state index is 0.169. The van der Waals surface area contributed by atoms with Crippen LogP contribution in [0.25, 0.3) is 0 Å². The number of carboxylic acids is 1. The number of nitrogens with one attached hydrogen (secondary N) is 1. The van der Waals surface area contributed by atoms with Gasteiger partial charge in [0.1, 0.15) is 6.61 Å². The Morgan fingerprint density at radius 1 is 1.44 bits per heavy atom. The number of carboxylic acid groups (broad SMARTS) is 1. The first-order valence-electron chi connectivity index (χ1n) is 4.98. The molecule has 0 radical (unpaired) electrons. The number of aliphatic hydroxyl groups is 1. The van der Waals surface area contributed by atoms with Gasteiger partial charge in [-0.3, -0.25) is 9.59 Å². The molecule has 1 saturated heterocycles. The molecule has 2 unspecified atom stereocenters. The lowest BCUT2D eigenvalue weighted by Crippen LogP contribution is -2.53. The maximum absolute atomic E-state index is 10.9. The number of amides is 1. The maximum Gasteiger partial charge on any atom is 0.478 e. The van der Waals surface area contributed by atoms with Crippen LogP contribution in [0, 0.1) is 0 Å². The highest BCUT2D eigenvalue weighted by Gasteiger charge is 2.36. The second kappa shape index (κ2) is 5.83. The van der Waals surface area contributed by atoms with Gasteiger partial charge in [0, 0.05) is 0 Å². The normalized spacial score (nSPS) is 25.2. The average molecular weight is 231 g/mol. The van der Waals surface area contributed by atoms with Crippen molar-refractivity contribution < 1.29 is 29.5 Å². The van der Waals surface area contributed by atoms with Crippen LogP contribution in [-0.4, -0.2) is 52.9 Å². The molecule has 0 aromatic rings. The van der Waals surface area contributed by atoms with Crippen molar-refractivity contribution in [2.75, 3.05) is 6.61 Å². The van der Waals surface area contributed by atoms with Gasteiger partial charge in [0.25, 0.3) is 0 Å². The lowest BCUT2D eigenvalue weighted by Gasteiger charge is -2.30. The lowest BCUT2D eigenvalue weighted by atomic mass is 9.72. The van der Waals surface area contributed by atoms with Gasteiger partial charge in [-0.2, -0.15) is 0 Å². The molecule has 1 aliphatic heterocycles. The van der Waals surface area contributed by atoms with E-state index in [1.165, 1.54) is 0 Å². The van der Waals surface area contributed by atoms with E-state index in [4.69, 9.17) is 14.9 Å². The van der Waals surface area contributed by atoms with E-state index in [1.807, 2.05) is 0 Å². The molecular formula is C8H14BNO6. The fraction of sp³-hybridized carbons (Fsp3) is 0.750. The van der Waals surface area contributed by atoms with Gasteiger partial charge in [0.05, 0.1) is 18.5 Å². The number of aliphatic hydroxyl groups excluding tert-OH is 1. The molecule has 0 aliphatic carbocycles. The Bertz CT molecular complexity index is 273. The zero-order valence-corrected chi connectivity index (χ0v) is 8.63. The van der Waals surface area contributed by atoms with Crippen molar-refractivity contribution in [1.82, 2.24) is 5.32 Å². The quantitative estimate of drug-likeness (QED) is 0.421. The molecule has 0 aromatic carbocycles. The topological polar surface area (TPSA) is 116 Å². The minimum Gasteiger partial charge on any atom is -0.481 e. The van der Waals surface area contributed by atoms with Crippen LogP contribution in [0.15, 0.2) is 0 Å². The summed E-state index contributed by atoms with van der Waals surface area (Å²) in [4.78, 5) is 21.3. The molecule has 8 heteroatoms. The van der Waals surface area contributed by atoms with Crippen LogP contribution >= 0.6 is 0 Å². The van der Waals surface area contributed by atoms with Crippen LogP contribution in [0.5, 0.6) is 0 Å². The van der Waals surface area contributed by atoms with E-state index in [0.717, 1.165) is 0 Å². The molecular weight excluding hydrogens is 217 g/mol. The summed E-state index contributed by atoms with van der Waals surface area (Å²) < 4.78 is 5.03. The van der Waals surface area contributed by atoms with Crippen LogP contribution in [-0.2, 0) is 14.2 Å². The first-order valence-corrected chi connectivity index (χ1v) is 4.98. The predicted octanol–water partition coefficient (Wildman–Crippen LogP) is -1.86.